The lowest BCUT2D eigenvalue weighted by Gasteiger charge is -2.11. The van der Waals surface area contributed by atoms with Crippen LogP contribution in [0, 0.1) is 6.92 Å². The highest BCUT2D eigenvalue weighted by Crippen LogP contribution is 2.31. The number of alkyl halides is 3. The number of hydrogen-bond donors (Lipinski definition) is 0. The Morgan fingerprint density at radius 3 is 2.63 bits per heavy atom. The molecule has 1 heterocycles. The van der Waals surface area contributed by atoms with E-state index in [1.54, 1.807) is 18.5 Å². The van der Waals surface area contributed by atoms with Crippen LogP contribution in [0.3, 0.4) is 0 Å². The van der Waals surface area contributed by atoms with Crippen molar-refractivity contribution in [2.24, 2.45) is 0 Å². The maximum atomic E-state index is 12.2. The van der Waals surface area contributed by atoms with Crippen LogP contribution in [0.2, 0.25) is 0 Å². The van der Waals surface area contributed by atoms with Crippen LogP contribution in [0.4, 0.5) is 13.2 Å². The highest BCUT2D eigenvalue weighted by molar-refractivity contribution is 9.10. The fourth-order valence-electron chi connectivity index (χ4n) is 1.65. The van der Waals surface area contributed by atoms with E-state index < -0.39 is 6.36 Å². The first-order valence-electron chi connectivity index (χ1n) is 5.33. The zero-order valence-electron chi connectivity index (χ0n) is 9.83. The molecule has 2 aromatic rings. The van der Waals surface area contributed by atoms with Gasteiger partial charge in [0.05, 0.1) is 0 Å². The summed E-state index contributed by atoms with van der Waals surface area (Å²) in [5.41, 5.74) is 2.27. The van der Waals surface area contributed by atoms with E-state index in [0.29, 0.717) is 5.56 Å². The maximum absolute atomic E-state index is 12.2. The summed E-state index contributed by atoms with van der Waals surface area (Å²) in [7, 11) is 0. The second-order valence-electron chi connectivity index (χ2n) is 3.87. The largest absolute Gasteiger partial charge is 0.573 e. The Morgan fingerprint density at radius 1 is 1.21 bits per heavy atom. The Labute approximate surface area is 116 Å². The van der Waals surface area contributed by atoms with Crippen molar-refractivity contribution in [1.29, 1.82) is 0 Å². The molecule has 19 heavy (non-hydrogen) atoms. The first-order chi connectivity index (χ1) is 8.87. The molecule has 1 aromatic carbocycles. The molecule has 2 nitrogen and oxygen atoms in total. The molecule has 1 aromatic heterocycles. The molecular weight excluding hydrogens is 323 g/mol. The Bertz CT molecular complexity index is 599. The van der Waals surface area contributed by atoms with Gasteiger partial charge < -0.3 is 4.74 Å². The molecule has 0 saturated heterocycles. The number of hydrogen-bond acceptors (Lipinski definition) is 2. The smallest absolute Gasteiger partial charge is 0.406 e. The van der Waals surface area contributed by atoms with Crippen molar-refractivity contribution in [3.8, 4) is 16.9 Å². The Hall–Kier alpha value is -1.56. The van der Waals surface area contributed by atoms with Crippen molar-refractivity contribution < 1.29 is 17.9 Å². The average Bonchev–Trinajstić information content (AvgIpc) is 2.31. The average molecular weight is 332 g/mol. The molecule has 2 rings (SSSR count). The molecule has 0 bridgehead atoms. The maximum Gasteiger partial charge on any atom is 0.573 e. The first-order valence-corrected chi connectivity index (χ1v) is 6.12. The van der Waals surface area contributed by atoms with Crippen molar-refractivity contribution >= 4 is 15.9 Å². The molecule has 0 atom stereocenters. The standard InChI is InChI=1S/C13H9BrF3NO/c1-8-11(6-18-7-12(8)14)9-3-2-4-10(5-9)19-13(15,16)17/h2-7H,1H3. The quantitative estimate of drug-likeness (QED) is 0.794. The van der Waals surface area contributed by atoms with Gasteiger partial charge in [-0.05, 0) is 46.1 Å². The molecule has 0 amide bonds. The van der Waals surface area contributed by atoms with Gasteiger partial charge in [0.1, 0.15) is 5.75 Å². The number of rotatable bonds is 2. The summed E-state index contributed by atoms with van der Waals surface area (Å²) in [5, 5.41) is 0. The van der Waals surface area contributed by atoms with Gasteiger partial charge in [0, 0.05) is 22.4 Å². The Morgan fingerprint density at radius 2 is 1.95 bits per heavy atom. The summed E-state index contributed by atoms with van der Waals surface area (Å²) >= 11 is 3.34. The molecule has 0 aliphatic rings. The predicted molar refractivity (Wildman–Crippen MR) is 68.8 cm³/mol. The normalized spacial score (nSPS) is 11.4. The molecule has 0 spiro atoms. The molecule has 0 aliphatic heterocycles. The van der Waals surface area contributed by atoms with Crippen LogP contribution in [0.25, 0.3) is 11.1 Å². The minimum Gasteiger partial charge on any atom is -0.406 e. The number of aromatic nitrogens is 1. The number of ether oxygens (including phenoxy) is 1. The summed E-state index contributed by atoms with van der Waals surface area (Å²) in [5.74, 6) is -0.246. The monoisotopic (exact) mass is 331 g/mol. The van der Waals surface area contributed by atoms with Gasteiger partial charge in [-0.25, -0.2) is 0 Å². The Kier molecular flexibility index (Phi) is 3.80. The van der Waals surface area contributed by atoms with Crippen LogP contribution < -0.4 is 4.74 Å². The fourth-order valence-corrected chi connectivity index (χ4v) is 1.98. The fraction of sp³-hybridized carbons (Fsp3) is 0.154. The van der Waals surface area contributed by atoms with Gasteiger partial charge in [-0.3, -0.25) is 4.98 Å². The Balaban J connectivity index is 2.41. The molecule has 6 heteroatoms. The van der Waals surface area contributed by atoms with Crippen LogP contribution in [0.1, 0.15) is 5.56 Å². The molecule has 0 radical (unpaired) electrons. The molecule has 100 valence electrons. The van der Waals surface area contributed by atoms with E-state index in [-0.39, 0.29) is 5.75 Å². The summed E-state index contributed by atoms with van der Waals surface area (Å²) in [6.07, 6.45) is -1.45. The zero-order valence-corrected chi connectivity index (χ0v) is 11.4. The highest BCUT2D eigenvalue weighted by Gasteiger charge is 2.31. The number of halogens is 4. The highest BCUT2D eigenvalue weighted by atomic mass is 79.9. The van der Waals surface area contributed by atoms with Crippen LogP contribution in [0.5, 0.6) is 5.75 Å². The lowest BCUT2D eigenvalue weighted by atomic mass is 10.0. The van der Waals surface area contributed by atoms with Crippen molar-refractivity contribution in [1.82, 2.24) is 4.98 Å². The van der Waals surface area contributed by atoms with Gasteiger partial charge in [-0.1, -0.05) is 12.1 Å². The molecule has 0 saturated carbocycles. The summed E-state index contributed by atoms with van der Waals surface area (Å²) < 4.78 is 41.2. The number of nitrogens with zero attached hydrogens (tertiary/aromatic N) is 1. The second-order valence-corrected chi connectivity index (χ2v) is 4.72. The van der Waals surface area contributed by atoms with E-state index in [1.165, 1.54) is 18.2 Å². The van der Waals surface area contributed by atoms with Gasteiger partial charge >= 0.3 is 6.36 Å². The molecular formula is C13H9BrF3NO. The van der Waals surface area contributed by atoms with Crippen LogP contribution >= 0.6 is 15.9 Å². The number of pyridine rings is 1. The minimum absolute atomic E-state index is 0.246. The van der Waals surface area contributed by atoms with E-state index in [0.717, 1.165) is 15.6 Å². The molecule has 0 fully saturated rings. The lowest BCUT2D eigenvalue weighted by Crippen LogP contribution is -2.17. The summed E-state index contributed by atoms with van der Waals surface area (Å²) in [6.45, 7) is 1.86. The summed E-state index contributed by atoms with van der Waals surface area (Å²) in [4.78, 5) is 4.02. The topological polar surface area (TPSA) is 22.1 Å². The van der Waals surface area contributed by atoms with E-state index in [4.69, 9.17) is 0 Å². The third-order valence-corrected chi connectivity index (χ3v) is 3.33. The van der Waals surface area contributed by atoms with Gasteiger partial charge in [-0.2, -0.15) is 0 Å². The van der Waals surface area contributed by atoms with E-state index in [9.17, 15) is 13.2 Å². The van der Waals surface area contributed by atoms with Crippen LogP contribution in [0.15, 0.2) is 41.1 Å². The van der Waals surface area contributed by atoms with Gasteiger partial charge in [0.25, 0.3) is 0 Å². The lowest BCUT2D eigenvalue weighted by molar-refractivity contribution is -0.274. The SMILES string of the molecule is Cc1c(Br)cncc1-c1cccc(OC(F)(F)F)c1. The van der Waals surface area contributed by atoms with E-state index in [2.05, 4.69) is 25.7 Å². The van der Waals surface area contributed by atoms with Gasteiger partial charge in [0.2, 0.25) is 0 Å². The summed E-state index contributed by atoms with van der Waals surface area (Å²) in [6, 6.07) is 5.82. The van der Waals surface area contributed by atoms with E-state index >= 15 is 0 Å². The first kappa shape index (κ1) is 13.9. The third-order valence-electron chi connectivity index (χ3n) is 2.53. The third kappa shape index (κ3) is 3.47. The minimum atomic E-state index is -4.69. The second kappa shape index (κ2) is 5.21. The van der Waals surface area contributed by atoms with Gasteiger partial charge in [-0.15, -0.1) is 13.2 Å². The molecule has 0 N–H and O–H groups in total. The van der Waals surface area contributed by atoms with Crippen molar-refractivity contribution in [3.05, 3.63) is 46.7 Å². The van der Waals surface area contributed by atoms with Crippen molar-refractivity contribution in [2.45, 2.75) is 13.3 Å². The van der Waals surface area contributed by atoms with Crippen molar-refractivity contribution in [2.75, 3.05) is 0 Å². The predicted octanol–water partition coefficient (Wildman–Crippen LogP) is 4.72. The number of benzene rings is 1. The van der Waals surface area contributed by atoms with E-state index in [1.807, 2.05) is 6.92 Å². The van der Waals surface area contributed by atoms with Crippen molar-refractivity contribution in [3.63, 3.8) is 0 Å². The van der Waals surface area contributed by atoms with Crippen LogP contribution in [-0.4, -0.2) is 11.3 Å². The zero-order chi connectivity index (χ0) is 14.0. The van der Waals surface area contributed by atoms with Crippen LogP contribution in [-0.2, 0) is 0 Å². The molecule has 0 aliphatic carbocycles. The van der Waals surface area contributed by atoms with Gasteiger partial charge in [0.15, 0.2) is 0 Å². The molecule has 0 unspecified atom stereocenters.